The first-order valence-corrected chi connectivity index (χ1v) is 39.5. The number of likely N-dealkylation sites (tertiary alicyclic amines) is 1. The number of carbonyl (C=O) groups is 15. The fraction of sp³-hybridized carbons (Fsp3) is 0.422. The van der Waals surface area contributed by atoms with Gasteiger partial charge >= 0.3 is 12.1 Å². The summed E-state index contributed by atoms with van der Waals surface area (Å²) in [6.45, 7) is 9.80. The largest absolute Gasteiger partial charge is 0.394 e. The zero-order valence-corrected chi connectivity index (χ0v) is 67.6. The first kappa shape index (κ1) is 91.1. The van der Waals surface area contributed by atoms with E-state index in [9.17, 15) is 48.3 Å². The average molecular weight is 1650 g/mol. The normalized spacial score (nSPS) is 16.1. The molecule has 3 heterocycles. The number of nitrogens with zero attached hydrogens (tertiary/aromatic N) is 3. The zero-order chi connectivity index (χ0) is 85.9. The van der Waals surface area contributed by atoms with Crippen molar-refractivity contribution in [3.63, 3.8) is 0 Å². The van der Waals surface area contributed by atoms with E-state index in [2.05, 4.69) is 74.1 Å². The maximum Gasteiger partial charge on any atom is 0.322 e. The summed E-state index contributed by atoms with van der Waals surface area (Å²) < 4.78 is 0. The summed E-state index contributed by atoms with van der Waals surface area (Å²) in [5.41, 5.74) is 13.6. The number of likely N-dealkylation sites (N-methyl/N-ethyl adjacent to an activating group) is 1. The minimum Gasteiger partial charge on any atom is -0.394 e. The molecule has 0 bridgehead atoms. The number of aromatic nitrogens is 1. The number of rotatable bonds is 41. The Bertz CT molecular complexity index is 4560. The molecule has 0 aliphatic carbocycles. The van der Waals surface area contributed by atoms with Crippen molar-refractivity contribution in [2.75, 3.05) is 37.4 Å². The Kier molecular flexibility index (Phi) is 34.0. The van der Waals surface area contributed by atoms with Crippen molar-refractivity contribution < 1.29 is 77.0 Å². The number of aliphatic hydroxyl groups is 1. The summed E-state index contributed by atoms with van der Waals surface area (Å²) in [6.07, 6.45) is 3.10. The van der Waals surface area contributed by atoms with Crippen molar-refractivity contribution in [1.29, 1.82) is 0 Å². The fourth-order valence-electron chi connectivity index (χ4n) is 13.7. The SMILES string of the molecule is CC(=O)N[C@H](Cc1ccc2ccccc2c1)C(=O)N[C@H](Cc1ccc(Cl)cc1)C(=O)N[C@@H](Cc1cccnc1)C(=O)N[C@@H](CO)C(=O)N[C@@H](Cc1ccc(NC(=O)[C@@H]2CC(=O)NC(=O)N2)cc1)C(=O)N[C@@H](Cc1ccc(NC(N)=O)cc1)C(=O)N[C@@H](CC(C)C)C(=O)N(C)[C@@H](CCCCNC(C)C)C(=O)N1CCC[C@H]1C(=O)N[C@H](C)C(N)=O. The van der Waals surface area contributed by atoms with Crippen LogP contribution in [-0.4, -0.2) is 208 Å². The Morgan fingerprint density at radius 1 is 0.576 bits per heavy atom. The second kappa shape index (κ2) is 44.1. The highest BCUT2D eigenvalue weighted by Gasteiger charge is 2.43. The Morgan fingerprint density at radius 3 is 1.58 bits per heavy atom. The number of nitrogens with one attached hydrogen (secondary N) is 13. The van der Waals surface area contributed by atoms with Gasteiger partial charge in [0.1, 0.15) is 66.5 Å². The maximum atomic E-state index is 15.5. The molecule has 6 aromatic rings. The summed E-state index contributed by atoms with van der Waals surface area (Å²) >= 11 is 6.27. The third kappa shape index (κ3) is 27.9. The lowest BCUT2D eigenvalue weighted by atomic mass is 9.98. The maximum absolute atomic E-state index is 15.5. The van der Waals surface area contributed by atoms with Crippen molar-refractivity contribution in [1.82, 2.24) is 73.3 Å². The van der Waals surface area contributed by atoms with Crippen LogP contribution in [0.5, 0.6) is 0 Å². The Balaban J connectivity index is 1.11. The Hall–Kier alpha value is -12.4. The molecule has 1 aromatic heterocycles. The molecule has 118 heavy (non-hydrogen) atoms. The van der Waals surface area contributed by atoms with Gasteiger partial charge in [0, 0.05) is 87.5 Å². The van der Waals surface area contributed by atoms with E-state index in [1.807, 2.05) is 56.3 Å². The number of pyridine rings is 1. The van der Waals surface area contributed by atoms with Gasteiger partial charge in [0.05, 0.1) is 13.0 Å². The number of anilines is 2. The van der Waals surface area contributed by atoms with Gasteiger partial charge in [-0.25, -0.2) is 9.59 Å². The number of aliphatic hydroxyl groups excluding tert-OH is 1. The molecule has 18 N–H and O–H groups in total. The lowest BCUT2D eigenvalue weighted by Crippen LogP contribution is -2.62. The molecule has 2 aliphatic rings. The summed E-state index contributed by atoms with van der Waals surface area (Å²) in [5, 5.41) is 47.7. The van der Waals surface area contributed by atoms with E-state index in [-0.39, 0.29) is 86.8 Å². The molecule has 17 amide bonds. The Labute approximate surface area is 688 Å². The molecule has 0 spiro atoms. The minimum absolute atomic E-state index is 0.00419. The fourth-order valence-corrected chi connectivity index (χ4v) is 13.8. The number of unbranched alkanes of at least 4 members (excludes halogenated alkanes) is 1. The molecule has 2 fully saturated rings. The van der Waals surface area contributed by atoms with Crippen LogP contribution in [0.3, 0.4) is 0 Å². The molecule has 5 aromatic carbocycles. The number of benzene rings is 5. The molecule has 630 valence electrons. The molecule has 0 saturated carbocycles. The van der Waals surface area contributed by atoms with Crippen molar-refractivity contribution in [3.8, 4) is 0 Å². The molecule has 35 heteroatoms. The number of hydrogen-bond acceptors (Lipinski definition) is 18. The van der Waals surface area contributed by atoms with E-state index >= 15 is 28.8 Å². The number of urea groups is 2. The van der Waals surface area contributed by atoms with Crippen LogP contribution in [-0.2, 0) is 94.4 Å². The van der Waals surface area contributed by atoms with E-state index < -0.39 is 168 Å². The molecule has 0 unspecified atom stereocenters. The zero-order valence-electron chi connectivity index (χ0n) is 66.8. The minimum atomic E-state index is -1.92. The monoisotopic (exact) mass is 1640 g/mol. The summed E-state index contributed by atoms with van der Waals surface area (Å²) in [5.74, 6) is -10.8. The highest BCUT2D eigenvalue weighted by Crippen LogP contribution is 2.25. The van der Waals surface area contributed by atoms with Crippen LogP contribution in [0.1, 0.15) is 114 Å². The molecule has 2 saturated heterocycles. The summed E-state index contributed by atoms with van der Waals surface area (Å²) in [4.78, 5) is 216. The van der Waals surface area contributed by atoms with Gasteiger partial charge in [0.15, 0.2) is 0 Å². The van der Waals surface area contributed by atoms with Crippen molar-refractivity contribution >= 4 is 123 Å². The number of primary amides is 2. The van der Waals surface area contributed by atoms with E-state index in [4.69, 9.17) is 23.1 Å². The third-order valence-electron chi connectivity index (χ3n) is 19.9. The van der Waals surface area contributed by atoms with Crippen molar-refractivity contribution in [2.45, 2.75) is 191 Å². The topological polar surface area (TPSA) is 504 Å². The van der Waals surface area contributed by atoms with Crippen LogP contribution in [0.25, 0.3) is 10.8 Å². The smallest absolute Gasteiger partial charge is 0.322 e. The highest BCUT2D eigenvalue weighted by atomic mass is 35.5. The van der Waals surface area contributed by atoms with Crippen LogP contribution in [0.2, 0.25) is 5.02 Å². The molecular weight excluding hydrogens is 1540 g/mol. The third-order valence-corrected chi connectivity index (χ3v) is 20.2. The van der Waals surface area contributed by atoms with Gasteiger partial charge in [-0.2, -0.15) is 0 Å². The predicted molar refractivity (Wildman–Crippen MR) is 439 cm³/mol. The van der Waals surface area contributed by atoms with E-state index in [1.54, 1.807) is 50.2 Å². The standard InChI is InChI=1S/C83H105ClN18O16/c1-46(2)36-66(80(115)101(7)69(17-10-11-34-88-47(3)4)81(116)102-35-13-18-68(102)79(114)89-48(5)71(85)106)97-76(111)63(40-52-24-31-59(32-25-52)92-82(86)117)94-75(110)62(39-51-22-29-58(30-23-51)91-72(107)65-43-70(105)100-83(118)99-65)96-78(113)67(45-103)98-77(112)64(42-54-14-12-33-87-44-54)95-74(109)61(38-50-20-27-57(84)28-21-50)93-73(108)60(90-49(6)104)41-53-19-26-55-15-8-9-16-56(55)37-53/h8-9,12,14-16,19-33,37,44,46-48,60-69,88,103H,10-11,13,17-18,34-36,38-43,45H2,1-7H3,(H2,85,106)(H,89,114)(H,90,104)(H,91,107)(H,93,108)(H,94,110)(H,95,109)(H,96,113)(H,97,111)(H,98,112)(H3,86,92,117)(H2,99,100,105,118)/t48-,60-,61-,62+,63+,64+,65+,66+,67+,68+,69+/m1/s1. The van der Waals surface area contributed by atoms with E-state index in [1.165, 1.54) is 91.6 Å². The van der Waals surface area contributed by atoms with Gasteiger partial charge in [-0.05, 0) is 139 Å². The van der Waals surface area contributed by atoms with Crippen LogP contribution < -0.4 is 80.6 Å². The average Bonchev–Trinajstić information content (AvgIpc) is 1.45. The number of carbonyl (C=O) groups excluding carboxylic acids is 15. The second-order valence-electron chi connectivity index (χ2n) is 30.2. The molecule has 8 rings (SSSR count). The number of hydrogen-bond donors (Lipinski definition) is 16. The predicted octanol–water partition coefficient (Wildman–Crippen LogP) is 1.86. The number of imide groups is 1. The Morgan fingerprint density at radius 2 is 1.08 bits per heavy atom. The number of halogens is 1. The van der Waals surface area contributed by atoms with Gasteiger partial charge in [0.2, 0.25) is 76.8 Å². The molecular formula is C83H105ClN18O16. The van der Waals surface area contributed by atoms with Crippen LogP contribution in [0.4, 0.5) is 21.0 Å². The van der Waals surface area contributed by atoms with Crippen LogP contribution in [0.15, 0.2) is 140 Å². The lowest BCUT2D eigenvalue weighted by Gasteiger charge is -2.36. The first-order chi connectivity index (χ1) is 56.2. The molecule has 34 nitrogen and oxygen atoms in total. The lowest BCUT2D eigenvalue weighted by molar-refractivity contribution is -0.149. The highest BCUT2D eigenvalue weighted by molar-refractivity contribution is 6.30. The first-order valence-electron chi connectivity index (χ1n) is 39.1. The summed E-state index contributed by atoms with van der Waals surface area (Å²) in [7, 11) is 1.42. The van der Waals surface area contributed by atoms with Gasteiger partial charge in [0.25, 0.3) is 0 Å². The number of amides is 17. The molecule has 2 aliphatic heterocycles. The van der Waals surface area contributed by atoms with Crippen LogP contribution in [0, 0.1) is 5.92 Å². The van der Waals surface area contributed by atoms with Gasteiger partial charge in [-0.3, -0.25) is 72.6 Å². The van der Waals surface area contributed by atoms with Crippen molar-refractivity contribution in [3.05, 3.63) is 173 Å². The van der Waals surface area contributed by atoms with E-state index in [0.717, 1.165) is 10.8 Å². The number of nitrogens with two attached hydrogens (primary N) is 2. The van der Waals surface area contributed by atoms with Gasteiger partial charge < -0.3 is 90.2 Å². The van der Waals surface area contributed by atoms with Gasteiger partial charge in [-0.1, -0.05) is 124 Å². The molecule has 11 atom stereocenters. The quantitative estimate of drug-likeness (QED) is 0.0244. The second-order valence-corrected chi connectivity index (χ2v) is 30.6. The molecule has 0 radical (unpaired) electrons. The van der Waals surface area contributed by atoms with E-state index in [0.29, 0.717) is 53.1 Å². The summed E-state index contributed by atoms with van der Waals surface area (Å²) in [6, 6.07) is 17.4. The van der Waals surface area contributed by atoms with Crippen LogP contribution >= 0.6 is 11.6 Å². The van der Waals surface area contributed by atoms with Crippen molar-refractivity contribution in [2.24, 2.45) is 17.4 Å². The number of fused-ring (bicyclic) bond motifs is 1. The van der Waals surface area contributed by atoms with Gasteiger partial charge in [-0.15, -0.1) is 0 Å².